The van der Waals surface area contributed by atoms with Crippen molar-refractivity contribution in [3.63, 3.8) is 0 Å². The number of fused-ring (bicyclic) bond motifs is 2. The van der Waals surface area contributed by atoms with Crippen LogP contribution in [-0.2, 0) is 39.5 Å². The van der Waals surface area contributed by atoms with E-state index < -0.39 is 15.6 Å². The van der Waals surface area contributed by atoms with Crippen LogP contribution in [0.3, 0.4) is 0 Å². The number of hydrogen-bond acceptors (Lipinski definition) is 5. The third-order valence-electron chi connectivity index (χ3n) is 5.58. The summed E-state index contributed by atoms with van der Waals surface area (Å²) >= 11 is 0. The number of alkyl halides is 3. The van der Waals surface area contributed by atoms with E-state index >= 15 is 0 Å². The SMILES string of the molecule is Cn1ccnc1.O=S(=O)([O-])C(F)(F)F.[Au+3].[c-]1cc2ccccc2cc1-c1cccc(-c2[c-]cc3ccccc3c2)n1. The molecule has 0 N–H and O–H groups in total. The van der Waals surface area contributed by atoms with Gasteiger partial charge in [0.1, 0.15) is 0 Å². The fourth-order valence-electron chi connectivity index (χ4n) is 3.61. The van der Waals surface area contributed by atoms with Gasteiger partial charge in [0.05, 0.1) is 6.33 Å². The summed E-state index contributed by atoms with van der Waals surface area (Å²) < 4.78 is 60.8. The molecule has 0 aliphatic rings. The second-order valence-corrected chi connectivity index (χ2v) is 9.86. The van der Waals surface area contributed by atoms with Gasteiger partial charge in [0.2, 0.25) is 0 Å². The van der Waals surface area contributed by atoms with Crippen molar-refractivity contribution in [3.8, 4) is 22.5 Å². The maximum Gasteiger partial charge on any atom is 3.00 e. The van der Waals surface area contributed by atoms with E-state index in [9.17, 15) is 13.2 Å². The molecule has 2 aromatic heterocycles. The summed E-state index contributed by atoms with van der Waals surface area (Å²) in [6, 6.07) is 37.8. The first-order valence-electron chi connectivity index (χ1n) is 11.7. The quantitative estimate of drug-likeness (QED) is 0.0841. The van der Waals surface area contributed by atoms with Gasteiger partial charge in [-0.1, -0.05) is 77.5 Å². The van der Waals surface area contributed by atoms with Crippen LogP contribution >= 0.6 is 0 Å². The number of rotatable bonds is 2. The number of aryl methyl sites for hydroxylation is 1. The van der Waals surface area contributed by atoms with E-state index in [1.54, 1.807) is 12.5 Å². The second kappa shape index (κ2) is 13.7. The normalized spacial score (nSPS) is 11.0. The molecule has 0 amide bonds. The summed E-state index contributed by atoms with van der Waals surface area (Å²) in [5.74, 6) is 0. The molecule has 41 heavy (non-hydrogen) atoms. The van der Waals surface area contributed by atoms with E-state index in [-0.39, 0.29) is 22.4 Å². The van der Waals surface area contributed by atoms with Crippen molar-refractivity contribution < 1.29 is 48.5 Å². The Morgan fingerprint density at radius 2 is 1.22 bits per heavy atom. The standard InChI is InChI=1S/C25H15N.C4H6N2.CHF3O3S.Au/c1-3-8-20-16-22(14-12-18(20)6-1)24-10-5-11-25(26-24)23-15-13-19-7-2-4-9-21(19)17-23;1-6-3-2-5-4-6;2-1(3,4)8(5,6)7;/h1-13,16-17H;2-4H,1H3;(H,5,6,7);/q-2;;;+3/p-1. The zero-order valence-corrected chi connectivity index (χ0v) is 24.3. The van der Waals surface area contributed by atoms with E-state index in [1.165, 1.54) is 21.5 Å². The van der Waals surface area contributed by atoms with E-state index in [1.807, 2.05) is 60.3 Å². The van der Waals surface area contributed by atoms with Gasteiger partial charge in [0.15, 0.2) is 10.1 Å². The fraction of sp³-hybridized carbons (Fsp3) is 0.0667. The van der Waals surface area contributed by atoms with Crippen molar-refractivity contribution in [2.24, 2.45) is 7.05 Å². The molecule has 6 nitrogen and oxygen atoms in total. The van der Waals surface area contributed by atoms with Gasteiger partial charge in [-0.15, -0.1) is 58.3 Å². The van der Waals surface area contributed by atoms with Crippen LogP contribution in [0, 0.1) is 12.1 Å². The Morgan fingerprint density at radius 3 is 1.56 bits per heavy atom. The van der Waals surface area contributed by atoms with Gasteiger partial charge in [0, 0.05) is 19.4 Å². The van der Waals surface area contributed by atoms with Gasteiger partial charge in [-0.25, -0.2) is 13.4 Å². The van der Waals surface area contributed by atoms with Crippen LogP contribution in [0.5, 0.6) is 0 Å². The molecule has 6 rings (SSSR count). The molecule has 4 aromatic carbocycles. The predicted octanol–water partition coefficient (Wildman–Crippen LogP) is 6.79. The van der Waals surface area contributed by atoms with Gasteiger partial charge in [-0.05, 0) is 11.4 Å². The van der Waals surface area contributed by atoms with Gasteiger partial charge in [-0.3, -0.25) is 0 Å². The molecule has 0 saturated heterocycles. The van der Waals surface area contributed by atoms with Crippen LogP contribution in [-0.4, -0.2) is 33.0 Å². The molecular formula is C30H21AuF3N3O3S. The monoisotopic (exact) mass is 757 g/mol. The molecule has 0 spiro atoms. The first-order chi connectivity index (χ1) is 19.0. The predicted molar refractivity (Wildman–Crippen MR) is 147 cm³/mol. The van der Waals surface area contributed by atoms with Crippen LogP contribution in [0.2, 0.25) is 0 Å². The smallest absolute Gasteiger partial charge is 0.741 e. The number of aromatic nitrogens is 3. The molecule has 0 aliphatic heterocycles. The van der Waals surface area contributed by atoms with E-state index in [0.717, 1.165) is 22.5 Å². The molecule has 0 unspecified atom stereocenters. The Balaban J connectivity index is 0.000000256. The molecule has 0 fully saturated rings. The first-order valence-corrected chi connectivity index (χ1v) is 13.1. The largest absolute Gasteiger partial charge is 3.00 e. The molecule has 11 heteroatoms. The van der Waals surface area contributed by atoms with E-state index in [0.29, 0.717) is 0 Å². The zero-order chi connectivity index (χ0) is 28.8. The summed E-state index contributed by atoms with van der Waals surface area (Å²) in [5.41, 5.74) is -1.78. The maximum absolute atomic E-state index is 10.7. The molecule has 0 bridgehead atoms. The average molecular weight is 758 g/mol. The van der Waals surface area contributed by atoms with Crippen LogP contribution < -0.4 is 0 Å². The molecular weight excluding hydrogens is 736 g/mol. The third kappa shape index (κ3) is 8.59. The minimum atomic E-state index is -6.09. The Hall–Kier alpha value is -3.80. The Bertz CT molecular complexity index is 1750. The van der Waals surface area contributed by atoms with Crippen molar-refractivity contribution in [2.75, 3.05) is 0 Å². The van der Waals surface area contributed by atoms with Crippen molar-refractivity contribution in [3.05, 3.63) is 122 Å². The van der Waals surface area contributed by atoms with Gasteiger partial charge < -0.3 is 14.1 Å². The van der Waals surface area contributed by atoms with Crippen LogP contribution in [0.4, 0.5) is 13.2 Å². The molecule has 0 aliphatic carbocycles. The molecule has 6 aromatic rings. The molecule has 0 radical (unpaired) electrons. The van der Waals surface area contributed by atoms with Crippen LogP contribution in [0.15, 0.2) is 110 Å². The van der Waals surface area contributed by atoms with Crippen LogP contribution in [0.25, 0.3) is 44.1 Å². The second-order valence-electron chi connectivity index (χ2n) is 8.49. The number of nitrogens with zero attached hydrogens (tertiary/aromatic N) is 3. The summed E-state index contributed by atoms with van der Waals surface area (Å²) in [6.45, 7) is 0. The third-order valence-corrected chi connectivity index (χ3v) is 6.15. The molecule has 2 heterocycles. The topological polar surface area (TPSA) is 87.9 Å². The van der Waals surface area contributed by atoms with Gasteiger partial charge >= 0.3 is 27.9 Å². The molecule has 0 atom stereocenters. The van der Waals surface area contributed by atoms with Gasteiger partial charge in [-0.2, -0.15) is 13.2 Å². The number of halogens is 3. The summed E-state index contributed by atoms with van der Waals surface area (Å²) in [4.78, 5) is 8.65. The minimum absolute atomic E-state index is 0. The summed E-state index contributed by atoms with van der Waals surface area (Å²) in [6.07, 6.45) is 5.39. The number of hydrogen-bond donors (Lipinski definition) is 0. The van der Waals surface area contributed by atoms with Gasteiger partial charge in [0.25, 0.3) is 0 Å². The minimum Gasteiger partial charge on any atom is -0.741 e. The Labute approximate surface area is 250 Å². The summed E-state index contributed by atoms with van der Waals surface area (Å²) in [5, 5.41) is 4.78. The van der Waals surface area contributed by atoms with E-state index in [4.69, 9.17) is 18.0 Å². The maximum atomic E-state index is 10.7. The summed E-state index contributed by atoms with van der Waals surface area (Å²) in [7, 11) is -4.15. The van der Waals surface area contributed by atoms with Crippen molar-refractivity contribution >= 4 is 31.7 Å². The molecule has 212 valence electrons. The number of imidazole rings is 1. The number of benzene rings is 4. The number of pyridine rings is 1. The molecule has 0 saturated carbocycles. The van der Waals surface area contributed by atoms with Crippen molar-refractivity contribution in [1.82, 2.24) is 14.5 Å². The van der Waals surface area contributed by atoms with Crippen molar-refractivity contribution in [2.45, 2.75) is 5.51 Å². The first kappa shape index (κ1) is 31.7. The zero-order valence-electron chi connectivity index (χ0n) is 21.3. The fourth-order valence-corrected chi connectivity index (χ4v) is 3.61. The Morgan fingerprint density at radius 1 is 0.780 bits per heavy atom. The van der Waals surface area contributed by atoms with Crippen molar-refractivity contribution in [1.29, 1.82) is 0 Å². The van der Waals surface area contributed by atoms with Crippen LogP contribution in [0.1, 0.15) is 0 Å². The Kier molecular flexibility index (Phi) is 10.6. The average Bonchev–Trinajstić information content (AvgIpc) is 3.43. The van der Waals surface area contributed by atoms with E-state index in [2.05, 4.69) is 65.6 Å².